The molecule has 0 saturated carbocycles. The second kappa shape index (κ2) is 8.87. The average Bonchev–Trinajstić information content (AvgIpc) is 3.44. The quantitative estimate of drug-likeness (QED) is 0.433. The van der Waals surface area contributed by atoms with Crippen molar-refractivity contribution in [2.24, 2.45) is 0 Å². The molecule has 0 bridgehead atoms. The van der Waals surface area contributed by atoms with Crippen LogP contribution in [0.15, 0.2) is 73.4 Å². The molecule has 2 heterocycles. The summed E-state index contributed by atoms with van der Waals surface area (Å²) in [6.45, 7) is 3.36. The largest absolute Gasteiger partial charge is 0.361 e. The maximum absolute atomic E-state index is 13.0. The highest BCUT2D eigenvalue weighted by Crippen LogP contribution is 2.20. The number of amides is 2. The lowest BCUT2D eigenvalue weighted by molar-refractivity contribution is -0.128. The number of nitrogens with zero attached hydrogens (tertiary/aromatic N) is 2. The Morgan fingerprint density at radius 2 is 1.87 bits per heavy atom. The highest BCUT2D eigenvalue weighted by molar-refractivity contribution is 5.89. The van der Waals surface area contributed by atoms with Crippen LogP contribution in [0.1, 0.15) is 31.0 Å². The van der Waals surface area contributed by atoms with Gasteiger partial charge in [0.2, 0.25) is 11.8 Å². The number of para-hydroxylation sites is 1. The van der Waals surface area contributed by atoms with Gasteiger partial charge < -0.3 is 20.2 Å². The highest BCUT2D eigenvalue weighted by Gasteiger charge is 2.23. The molecule has 0 spiro atoms. The van der Waals surface area contributed by atoms with E-state index in [2.05, 4.69) is 20.6 Å². The minimum atomic E-state index is -0.663. The molecule has 7 heteroatoms. The Balaban J connectivity index is 1.47. The van der Waals surface area contributed by atoms with E-state index >= 15 is 0 Å². The number of hydrogen-bond acceptors (Lipinski definition) is 3. The Morgan fingerprint density at radius 3 is 2.58 bits per heavy atom. The van der Waals surface area contributed by atoms with Crippen LogP contribution in [0, 0.1) is 0 Å². The third-order valence-electron chi connectivity index (χ3n) is 5.35. The van der Waals surface area contributed by atoms with Gasteiger partial charge in [0, 0.05) is 48.5 Å². The van der Waals surface area contributed by atoms with Gasteiger partial charge in [-0.1, -0.05) is 30.3 Å². The topological polar surface area (TPSA) is 91.8 Å². The van der Waals surface area contributed by atoms with Crippen LogP contribution >= 0.6 is 0 Å². The fourth-order valence-electron chi connectivity index (χ4n) is 3.72. The standard InChI is InChI=1S/C24H25N5O2/c1-16(18-7-9-20(10-8-18)29-12-11-25-15-29)27-24(31)23(28-17(2)30)13-19-14-26-22-6-4-3-5-21(19)22/h3-12,14-16,23,26H,13H2,1-2H3,(H,27,31)(H,28,30)/t16-,23+/m0/s1. The number of carbonyl (C=O) groups is 2. The molecule has 2 amide bonds. The molecule has 0 aliphatic carbocycles. The summed E-state index contributed by atoms with van der Waals surface area (Å²) in [4.78, 5) is 32.1. The molecule has 4 aromatic rings. The van der Waals surface area contributed by atoms with E-state index in [0.29, 0.717) is 6.42 Å². The molecule has 0 saturated heterocycles. The molecule has 0 aliphatic rings. The fourth-order valence-corrected chi connectivity index (χ4v) is 3.72. The van der Waals surface area contributed by atoms with Gasteiger partial charge in [-0.25, -0.2) is 4.98 Å². The first-order valence-corrected chi connectivity index (χ1v) is 10.2. The van der Waals surface area contributed by atoms with Crippen molar-refractivity contribution in [3.05, 3.63) is 84.6 Å². The number of aromatic nitrogens is 3. The first-order valence-electron chi connectivity index (χ1n) is 10.2. The van der Waals surface area contributed by atoms with Crippen LogP contribution in [-0.2, 0) is 16.0 Å². The lowest BCUT2D eigenvalue weighted by atomic mass is 10.0. The molecule has 0 fully saturated rings. The Kier molecular flexibility index (Phi) is 5.84. The molecule has 31 heavy (non-hydrogen) atoms. The summed E-state index contributed by atoms with van der Waals surface area (Å²) >= 11 is 0. The van der Waals surface area contributed by atoms with Crippen LogP contribution in [-0.4, -0.2) is 32.4 Å². The molecule has 4 rings (SSSR count). The van der Waals surface area contributed by atoms with E-state index < -0.39 is 6.04 Å². The second-order valence-electron chi connectivity index (χ2n) is 7.61. The zero-order chi connectivity index (χ0) is 21.8. The molecule has 7 nitrogen and oxygen atoms in total. The maximum Gasteiger partial charge on any atom is 0.243 e. The first kappa shape index (κ1) is 20.4. The molecule has 3 N–H and O–H groups in total. The monoisotopic (exact) mass is 415 g/mol. The molecule has 0 unspecified atom stereocenters. The van der Waals surface area contributed by atoms with Crippen molar-refractivity contribution >= 4 is 22.7 Å². The minimum absolute atomic E-state index is 0.205. The van der Waals surface area contributed by atoms with E-state index in [9.17, 15) is 9.59 Å². The molecule has 2 atom stereocenters. The van der Waals surface area contributed by atoms with Crippen LogP contribution < -0.4 is 10.6 Å². The van der Waals surface area contributed by atoms with Crippen LogP contribution in [0.25, 0.3) is 16.6 Å². The Hall–Kier alpha value is -3.87. The second-order valence-corrected chi connectivity index (χ2v) is 7.61. The summed E-state index contributed by atoms with van der Waals surface area (Å²) in [5, 5.41) is 6.88. The van der Waals surface area contributed by atoms with E-state index in [1.54, 1.807) is 12.5 Å². The predicted molar refractivity (Wildman–Crippen MR) is 120 cm³/mol. The zero-order valence-corrected chi connectivity index (χ0v) is 17.5. The molecule has 0 radical (unpaired) electrons. The normalized spacial score (nSPS) is 13.0. The van der Waals surface area contributed by atoms with Crippen molar-refractivity contribution in [2.45, 2.75) is 32.4 Å². The van der Waals surface area contributed by atoms with Gasteiger partial charge in [-0.3, -0.25) is 9.59 Å². The van der Waals surface area contributed by atoms with Gasteiger partial charge in [0.25, 0.3) is 0 Å². The number of imidazole rings is 1. The summed E-state index contributed by atoms with van der Waals surface area (Å²) < 4.78 is 1.92. The number of hydrogen-bond donors (Lipinski definition) is 3. The van der Waals surface area contributed by atoms with Crippen LogP contribution in [0.5, 0.6) is 0 Å². The third-order valence-corrected chi connectivity index (χ3v) is 5.35. The van der Waals surface area contributed by atoms with Crippen molar-refractivity contribution in [3.63, 3.8) is 0 Å². The van der Waals surface area contributed by atoms with E-state index in [4.69, 9.17) is 0 Å². The molecule has 0 aliphatic heterocycles. The van der Waals surface area contributed by atoms with Gasteiger partial charge in [-0.2, -0.15) is 0 Å². The Bertz CT molecular complexity index is 1180. The lowest BCUT2D eigenvalue weighted by Crippen LogP contribution is -2.47. The summed E-state index contributed by atoms with van der Waals surface area (Å²) in [6.07, 6.45) is 7.64. The summed E-state index contributed by atoms with van der Waals surface area (Å²) in [6, 6.07) is 15.0. The third kappa shape index (κ3) is 4.66. The van der Waals surface area contributed by atoms with E-state index in [-0.39, 0.29) is 17.9 Å². The number of H-pyrrole nitrogens is 1. The molecular formula is C24H25N5O2. The van der Waals surface area contributed by atoms with Gasteiger partial charge in [0.15, 0.2) is 0 Å². The van der Waals surface area contributed by atoms with Gasteiger partial charge in [0.05, 0.1) is 12.4 Å². The van der Waals surface area contributed by atoms with Gasteiger partial charge in [0.1, 0.15) is 6.04 Å². The first-order chi connectivity index (χ1) is 15.0. The van der Waals surface area contributed by atoms with Crippen LogP contribution in [0.3, 0.4) is 0 Å². The number of benzene rings is 2. The van der Waals surface area contributed by atoms with E-state index in [1.165, 1.54) is 6.92 Å². The predicted octanol–water partition coefficient (Wildman–Crippen LogP) is 3.28. The lowest BCUT2D eigenvalue weighted by Gasteiger charge is -2.21. The molecule has 158 valence electrons. The van der Waals surface area contributed by atoms with Crippen molar-refractivity contribution in [2.75, 3.05) is 0 Å². The molecule has 2 aromatic carbocycles. The average molecular weight is 415 g/mol. The van der Waals surface area contributed by atoms with Crippen molar-refractivity contribution < 1.29 is 9.59 Å². The van der Waals surface area contributed by atoms with Crippen molar-refractivity contribution in [1.29, 1.82) is 0 Å². The maximum atomic E-state index is 13.0. The van der Waals surface area contributed by atoms with Crippen LogP contribution in [0.2, 0.25) is 0 Å². The number of nitrogens with one attached hydrogen (secondary N) is 3. The van der Waals surface area contributed by atoms with Gasteiger partial charge in [-0.15, -0.1) is 0 Å². The van der Waals surface area contributed by atoms with Crippen LogP contribution in [0.4, 0.5) is 0 Å². The number of aromatic amines is 1. The highest BCUT2D eigenvalue weighted by atomic mass is 16.2. The zero-order valence-electron chi connectivity index (χ0n) is 17.5. The summed E-state index contributed by atoms with van der Waals surface area (Å²) in [5.41, 5.74) is 3.97. The van der Waals surface area contributed by atoms with Gasteiger partial charge in [-0.05, 0) is 36.2 Å². The number of rotatable bonds is 7. The minimum Gasteiger partial charge on any atom is -0.361 e. The van der Waals surface area contributed by atoms with E-state index in [1.807, 2.05) is 72.4 Å². The number of fused-ring (bicyclic) bond motifs is 1. The SMILES string of the molecule is CC(=O)N[C@H](Cc1c[nH]c2ccccc12)C(=O)N[C@@H](C)c1ccc(-n2ccnc2)cc1. The van der Waals surface area contributed by atoms with Gasteiger partial charge >= 0.3 is 0 Å². The summed E-state index contributed by atoms with van der Waals surface area (Å²) in [5.74, 6) is -0.455. The molecular weight excluding hydrogens is 390 g/mol. The fraction of sp³-hybridized carbons (Fsp3) is 0.208. The molecule has 2 aromatic heterocycles. The Labute approximate surface area is 180 Å². The Morgan fingerprint density at radius 1 is 1.10 bits per heavy atom. The van der Waals surface area contributed by atoms with Crippen molar-refractivity contribution in [1.82, 2.24) is 25.2 Å². The summed E-state index contributed by atoms with van der Waals surface area (Å²) in [7, 11) is 0. The van der Waals surface area contributed by atoms with Crippen molar-refractivity contribution in [3.8, 4) is 5.69 Å². The van der Waals surface area contributed by atoms with E-state index in [0.717, 1.165) is 27.7 Å². The smallest absolute Gasteiger partial charge is 0.243 e. The number of carbonyl (C=O) groups excluding carboxylic acids is 2.